The average Bonchev–Trinajstić information content (AvgIpc) is 3.47. The second-order valence-corrected chi connectivity index (χ2v) is 9.60. The first kappa shape index (κ1) is 24.8. The van der Waals surface area contributed by atoms with Gasteiger partial charge in [0.25, 0.3) is 0 Å². The molecule has 7 heteroatoms. The van der Waals surface area contributed by atoms with Gasteiger partial charge in [-0.1, -0.05) is 68.3 Å². The zero-order chi connectivity index (χ0) is 24.8. The molecule has 0 radical (unpaired) electrons. The van der Waals surface area contributed by atoms with E-state index >= 15 is 0 Å². The van der Waals surface area contributed by atoms with Gasteiger partial charge < -0.3 is 20.1 Å². The molecule has 2 amide bonds. The van der Waals surface area contributed by atoms with Gasteiger partial charge in [-0.05, 0) is 41.5 Å². The van der Waals surface area contributed by atoms with E-state index in [1.165, 1.54) is 11.1 Å². The molecular weight excluding hydrogens is 444 g/mol. The lowest BCUT2D eigenvalue weighted by atomic mass is 9.84. The summed E-state index contributed by atoms with van der Waals surface area (Å²) in [6.45, 7) is 3.10. The molecule has 35 heavy (non-hydrogen) atoms. The van der Waals surface area contributed by atoms with Crippen molar-refractivity contribution in [1.29, 1.82) is 0 Å². The number of rotatable bonds is 10. The summed E-state index contributed by atoms with van der Waals surface area (Å²) in [4.78, 5) is 38.9. The highest BCUT2D eigenvalue weighted by Gasteiger charge is 2.43. The Kier molecular flexibility index (Phi) is 7.73. The Morgan fingerprint density at radius 2 is 1.60 bits per heavy atom. The molecular formula is C28H34N2O5. The monoisotopic (exact) mass is 478 g/mol. The molecule has 0 aliphatic heterocycles. The standard InChI is InChI=1S/C28H34N2O5/c1-2-16-30(17-13-25(31)32)26(33)28(14-7-8-15-28)19-29-27(34)35-18-24-22-11-5-3-9-20(22)21-10-4-6-12-23(21)24/h3-6,9-12,24H,2,7-8,13-19H2,1H3,(H,29,34)(H,31,32). The molecule has 2 aliphatic rings. The highest BCUT2D eigenvalue weighted by Crippen LogP contribution is 2.44. The van der Waals surface area contributed by atoms with E-state index in [0.717, 1.165) is 30.4 Å². The maximum Gasteiger partial charge on any atom is 0.407 e. The Morgan fingerprint density at radius 3 is 2.17 bits per heavy atom. The van der Waals surface area contributed by atoms with Crippen LogP contribution in [0.1, 0.15) is 62.5 Å². The summed E-state index contributed by atoms with van der Waals surface area (Å²) in [5, 5.41) is 11.9. The maximum absolute atomic E-state index is 13.5. The Morgan fingerprint density at radius 1 is 1.00 bits per heavy atom. The van der Waals surface area contributed by atoms with Gasteiger partial charge in [-0.25, -0.2) is 4.79 Å². The number of alkyl carbamates (subject to hydrolysis) is 1. The second kappa shape index (κ2) is 10.9. The fourth-order valence-electron chi connectivity index (χ4n) is 5.56. The van der Waals surface area contributed by atoms with Gasteiger partial charge in [-0.3, -0.25) is 9.59 Å². The van der Waals surface area contributed by atoms with Crippen molar-refractivity contribution in [1.82, 2.24) is 10.2 Å². The Labute approximate surface area is 206 Å². The van der Waals surface area contributed by atoms with E-state index in [1.54, 1.807) is 4.90 Å². The number of ether oxygens (including phenoxy) is 1. The largest absolute Gasteiger partial charge is 0.481 e. The summed E-state index contributed by atoms with van der Waals surface area (Å²) in [7, 11) is 0. The molecule has 186 valence electrons. The molecule has 0 heterocycles. The van der Waals surface area contributed by atoms with E-state index in [2.05, 4.69) is 29.6 Å². The van der Waals surface area contributed by atoms with Crippen LogP contribution in [-0.4, -0.2) is 54.2 Å². The van der Waals surface area contributed by atoms with Gasteiger partial charge >= 0.3 is 12.1 Å². The molecule has 0 atom stereocenters. The number of carboxylic acids is 1. The number of aliphatic carboxylic acids is 1. The van der Waals surface area contributed by atoms with Crippen LogP contribution in [0.25, 0.3) is 11.1 Å². The molecule has 0 spiro atoms. The first-order chi connectivity index (χ1) is 16.9. The molecule has 2 N–H and O–H groups in total. The van der Waals surface area contributed by atoms with Crippen molar-refractivity contribution < 1.29 is 24.2 Å². The van der Waals surface area contributed by atoms with Crippen molar-refractivity contribution in [2.45, 2.75) is 51.4 Å². The molecule has 4 rings (SSSR count). The fourth-order valence-corrected chi connectivity index (χ4v) is 5.56. The number of nitrogens with zero attached hydrogens (tertiary/aromatic N) is 1. The van der Waals surface area contributed by atoms with Gasteiger partial charge in [0.05, 0.1) is 11.8 Å². The summed E-state index contributed by atoms with van der Waals surface area (Å²) < 4.78 is 5.66. The van der Waals surface area contributed by atoms with E-state index < -0.39 is 17.5 Å². The van der Waals surface area contributed by atoms with Crippen LogP contribution < -0.4 is 5.32 Å². The summed E-state index contributed by atoms with van der Waals surface area (Å²) in [6, 6.07) is 16.4. The van der Waals surface area contributed by atoms with Crippen LogP contribution in [0.3, 0.4) is 0 Å². The van der Waals surface area contributed by atoms with Crippen LogP contribution in [0.2, 0.25) is 0 Å². The zero-order valence-electron chi connectivity index (χ0n) is 20.3. The molecule has 7 nitrogen and oxygen atoms in total. The minimum atomic E-state index is -0.920. The van der Waals surface area contributed by atoms with Crippen molar-refractivity contribution in [2.75, 3.05) is 26.2 Å². The predicted octanol–water partition coefficient (Wildman–Crippen LogP) is 4.80. The highest BCUT2D eigenvalue weighted by atomic mass is 16.5. The molecule has 0 unspecified atom stereocenters. The third kappa shape index (κ3) is 5.34. The molecule has 0 aromatic heterocycles. The van der Waals surface area contributed by atoms with Gasteiger partial charge in [0.1, 0.15) is 6.61 Å². The summed E-state index contributed by atoms with van der Waals surface area (Å²) in [6.07, 6.45) is 3.33. The molecule has 2 aromatic rings. The Hall–Kier alpha value is -3.35. The number of amides is 2. The molecule has 2 aromatic carbocycles. The minimum Gasteiger partial charge on any atom is -0.481 e. The van der Waals surface area contributed by atoms with E-state index in [1.807, 2.05) is 31.2 Å². The number of fused-ring (bicyclic) bond motifs is 3. The molecule has 0 bridgehead atoms. The third-order valence-electron chi connectivity index (χ3n) is 7.31. The number of hydrogen-bond acceptors (Lipinski definition) is 4. The number of carbonyl (C=O) groups is 3. The lowest BCUT2D eigenvalue weighted by molar-refractivity contribution is -0.143. The van der Waals surface area contributed by atoms with E-state index in [4.69, 9.17) is 9.84 Å². The SMILES string of the molecule is CCCN(CCC(=O)O)C(=O)C1(CNC(=O)OCC2c3ccccc3-c3ccccc32)CCCC1. The third-order valence-corrected chi connectivity index (χ3v) is 7.31. The van der Waals surface area contributed by atoms with Crippen LogP contribution in [0.5, 0.6) is 0 Å². The summed E-state index contributed by atoms with van der Waals surface area (Å²) in [5.41, 5.74) is 3.95. The van der Waals surface area contributed by atoms with Crippen molar-refractivity contribution in [2.24, 2.45) is 5.41 Å². The Balaban J connectivity index is 1.39. The van der Waals surface area contributed by atoms with Crippen molar-refractivity contribution in [3.05, 3.63) is 59.7 Å². The van der Waals surface area contributed by atoms with Crippen molar-refractivity contribution in [3.63, 3.8) is 0 Å². The van der Waals surface area contributed by atoms with Gasteiger partial charge in [0.2, 0.25) is 5.91 Å². The maximum atomic E-state index is 13.5. The summed E-state index contributed by atoms with van der Waals surface area (Å²) in [5.74, 6) is -1.00. The normalized spacial score (nSPS) is 15.8. The van der Waals surface area contributed by atoms with Crippen LogP contribution in [0.4, 0.5) is 4.79 Å². The van der Waals surface area contributed by atoms with Crippen LogP contribution in [0.15, 0.2) is 48.5 Å². The molecule has 1 fully saturated rings. The first-order valence-electron chi connectivity index (χ1n) is 12.6. The first-order valence-corrected chi connectivity index (χ1v) is 12.6. The van der Waals surface area contributed by atoms with Gasteiger partial charge in [0.15, 0.2) is 0 Å². The lowest BCUT2D eigenvalue weighted by Gasteiger charge is -2.34. The molecule has 1 saturated carbocycles. The average molecular weight is 479 g/mol. The lowest BCUT2D eigenvalue weighted by Crippen LogP contribution is -2.49. The number of carbonyl (C=O) groups excluding carboxylic acids is 2. The van der Waals surface area contributed by atoms with Gasteiger partial charge in [-0.15, -0.1) is 0 Å². The van der Waals surface area contributed by atoms with E-state index in [0.29, 0.717) is 19.4 Å². The number of carboxylic acid groups (broad SMARTS) is 1. The topological polar surface area (TPSA) is 95.9 Å². The van der Waals surface area contributed by atoms with Gasteiger partial charge in [0, 0.05) is 25.6 Å². The fraction of sp³-hybridized carbons (Fsp3) is 0.464. The quantitative estimate of drug-likeness (QED) is 0.511. The van der Waals surface area contributed by atoms with Crippen LogP contribution in [0, 0.1) is 5.41 Å². The van der Waals surface area contributed by atoms with Gasteiger partial charge in [-0.2, -0.15) is 0 Å². The van der Waals surface area contributed by atoms with Crippen molar-refractivity contribution in [3.8, 4) is 11.1 Å². The highest BCUT2D eigenvalue weighted by molar-refractivity contribution is 5.84. The van der Waals surface area contributed by atoms with E-state index in [-0.39, 0.29) is 37.9 Å². The smallest absolute Gasteiger partial charge is 0.407 e. The Bertz CT molecular complexity index is 1030. The summed E-state index contributed by atoms with van der Waals surface area (Å²) >= 11 is 0. The van der Waals surface area contributed by atoms with Crippen molar-refractivity contribution >= 4 is 18.0 Å². The second-order valence-electron chi connectivity index (χ2n) is 9.60. The van der Waals surface area contributed by atoms with Crippen LogP contribution >= 0.6 is 0 Å². The number of benzene rings is 2. The van der Waals surface area contributed by atoms with Crippen LogP contribution in [-0.2, 0) is 14.3 Å². The minimum absolute atomic E-state index is 0.0220. The predicted molar refractivity (Wildman–Crippen MR) is 133 cm³/mol. The molecule has 0 saturated heterocycles. The number of hydrogen-bond donors (Lipinski definition) is 2. The van der Waals surface area contributed by atoms with E-state index in [9.17, 15) is 14.4 Å². The number of nitrogens with one attached hydrogen (secondary N) is 1. The molecule has 2 aliphatic carbocycles. The zero-order valence-corrected chi connectivity index (χ0v) is 20.3.